The zero-order valence-electron chi connectivity index (χ0n) is 16.6. The molecule has 3 aromatic heterocycles. The molecule has 7 nitrogen and oxygen atoms in total. The Balaban J connectivity index is 1.44. The Bertz CT molecular complexity index is 1040. The maximum atomic E-state index is 12.2. The van der Waals surface area contributed by atoms with Crippen molar-refractivity contribution in [3.8, 4) is 10.4 Å². The molecule has 0 radical (unpaired) electrons. The summed E-state index contributed by atoms with van der Waals surface area (Å²) in [6, 6.07) is 5.57. The second-order valence-electron chi connectivity index (χ2n) is 7.86. The van der Waals surface area contributed by atoms with Crippen molar-refractivity contribution in [2.24, 2.45) is 0 Å². The third-order valence-corrected chi connectivity index (χ3v) is 5.80. The number of fused-ring (bicyclic) bond motifs is 1. The van der Waals surface area contributed by atoms with E-state index in [-0.39, 0.29) is 6.09 Å². The van der Waals surface area contributed by atoms with Gasteiger partial charge in [-0.1, -0.05) is 22.9 Å². The Morgan fingerprint density at radius 3 is 2.59 bits per heavy atom. The van der Waals surface area contributed by atoms with Gasteiger partial charge in [0.2, 0.25) is 0 Å². The fourth-order valence-corrected chi connectivity index (χ4v) is 4.17. The number of amides is 1. The standard InChI is InChI=1S/C20H22ClN5O2S/c1-20(2,3)28-19(27)26-8-6-25(7-9-26)18-23-12-16(29-18)13-10-15-14(22-11-13)4-5-17(21)24-15/h4-5,10-12H,6-9H2,1-3H3. The maximum absolute atomic E-state index is 12.2. The second-order valence-corrected chi connectivity index (χ2v) is 9.25. The summed E-state index contributed by atoms with van der Waals surface area (Å²) in [6.07, 6.45) is 3.42. The Morgan fingerprint density at radius 1 is 1.10 bits per heavy atom. The Labute approximate surface area is 178 Å². The second kappa shape index (κ2) is 7.76. The van der Waals surface area contributed by atoms with Crippen LogP contribution in [0.5, 0.6) is 0 Å². The van der Waals surface area contributed by atoms with Crippen LogP contribution in [0.3, 0.4) is 0 Å². The van der Waals surface area contributed by atoms with E-state index in [2.05, 4.69) is 19.9 Å². The van der Waals surface area contributed by atoms with E-state index in [0.29, 0.717) is 18.2 Å². The van der Waals surface area contributed by atoms with Crippen molar-refractivity contribution in [3.63, 3.8) is 0 Å². The van der Waals surface area contributed by atoms with Crippen LogP contribution in [-0.2, 0) is 4.74 Å². The first-order valence-corrected chi connectivity index (χ1v) is 10.6. The number of piperazine rings is 1. The number of hydrogen-bond acceptors (Lipinski definition) is 7. The molecule has 1 amide bonds. The van der Waals surface area contributed by atoms with Crippen molar-refractivity contribution >= 4 is 45.2 Å². The van der Waals surface area contributed by atoms with E-state index in [9.17, 15) is 4.79 Å². The molecular weight excluding hydrogens is 410 g/mol. The molecule has 0 unspecified atom stereocenters. The molecule has 4 heterocycles. The minimum absolute atomic E-state index is 0.259. The van der Waals surface area contributed by atoms with Crippen LogP contribution in [0.2, 0.25) is 5.15 Å². The number of rotatable bonds is 2. The lowest BCUT2D eigenvalue weighted by molar-refractivity contribution is 0.0240. The fraction of sp³-hybridized carbons (Fsp3) is 0.400. The van der Waals surface area contributed by atoms with Crippen LogP contribution in [0.25, 0.3) is 21.5 Å². The summed E-state index contributed by atoms with van der Waals surface area (Å²) in [4.78, 5) is 30.6. The molecule has 9 heteroatoms. The van der Waals surface area contributed by atoms with Crippen LogP contribution in [-0.4, -0.2) is 57.7 Å². The molecule has 1 aliphatic heterocycles. The zero-order valence-corrected chi connectivity index (χ0v) is 18.1. The first-order chi connectivity index (χ1) is 13.8. The number of thiazole rings is 1. The van der Waals surface area contributed by atoms with Crippen LogP contribution in [0.15, 0.2) is 30.6 Å². The van der Waals surface area contributed by atoms with Gasteiger partial charge in [0.25, 0.3) is 0 Å². The van der Waals surface area contributed by atoms with Crippen LogP contribution in [0.1, 0.15) is 20.8 Å². The Morgan fingerprint density at radius 2 is 1.86 bits per heavy atom. The van der Waals surface area contributed by atoms with Crippen LogP contribution in [0, 0.1) is 0 Å². The molecular formula is C20H22ClN5O2S. The van der Waals surface area contributed by atoms with Crippen molar-refractivity contribution in [1.29, 1.82) is 0 Å². The summed E-state index contributed by atoms with van der Waals surface area (Å²) in [5.74, 6) is 0. The van der Waals surface area contributed by atoms with E-state index < -0.39 is 5.60 Å². The lowest BCUT2D eigenvalue weighted by atomic mass is 10.2. The molecule has 1 aliphatic rings. The third-order valence-electron chi connectivity index (χ3n) is 4.48. The number of aromatic nitrogens is 3. The average molecular weight is 432 g/mol. The number of hydrogen-bond donors (Lipinski definition) is 0. The van der Waals surface area contributed by atoms with Crippen molar-refractivity contribution in [2.45, 2.75) is 26.4 Å². The Kier molecular flexibility index (Phi) is 5.31. The van der Waals surface area contributed by atoms with Gasteiger partial charge in [-0.2, -0.15) is 0 Å². The molecule has 3 aromatic rings. The highest BCUT2D eigenvalue weighted by Crippen LogP contribution is 2.32. The largest absolute Gasteiger partial charge is 0.444 e. The van der Waals surface area contributed by atoms with E-state index in [4.69, 9.17) is 16.3 Å². The highest BCUT2D eigenvalue weighted by molar-refractivity contribution is 7.18. The van der Waals surface area contributed by atoms with E-state index in [1.54, 1.807) is 22.3 Å². The van der Waals surface area contributed by atoms with Crippen molar-refractivity contribution < 1.29 is 9.53 Å². The molecule has 0 aliphatic carbocycles. The summed E-state index contributed by atoms with van der Waals surface area (Å²) in [7, 11) is 0. The van der Waals surface area contributed by atoms with E-state index >= 15 is 0 Å². The summed E-state index contributed by atoms with van der Waals surface area (Å²) < 4.78 is 5.46. The van der Waals surface area contributed by atoms with E-state index in [0.717, 1.165) is 39.7 Å². The van der Waals surface area contributed by atoms with Crippen molar-refractivity contribution in [1.82, 2.24) is 19.9 Å². The first kappa shape index (κ1) is 19.8. The number of nitrogens with zero attached hydrogens (tertiary/aromatic N) is 5. The molecule has 0 atom stereocenters. The summed E-state index contributed by atoms with van der Waals surface area (Å²) in [5.41, 5.74) is 2.05. The minimum Gasteiger partial charge on any atom is -0.444 e. The molecule has 29 heavy (non-hydrogen) atoms. The number of halogens is 1. The summed E-state index contributed by atoms with van der Waals surface area (Å²) >= 11 is 7.60. The van der Waals surface area contributed by atoms with Crippen LogP contribution < -0.4 is 4.90 Å². The minimum atomic E-state index is -0.481. The fourth-order valence-electron chi connectivity index (χ4n) is 3.07. The molecule has 0 spiro atoms. The van der Waals surface area contributed by atoms with Crippen LogP contribution in [0.4, 0.5) is 9.93 Å². The molecule has 4 rings (SSSR count). The van der Waals surface area contributed by atoms with Gasteiger partial charge in [0, 0.05) is 44.1 Å². The van der Waals surface area contributed by atoms with Gasteiger partial charge in [-0.3, -0.25) is 4.98 Å². The number of pyridine rings is 2. The molecule has 0 bridgehead atoms. The normalized spacial score (nSPS) is 15.0. The van der Waals surface area contributed by atoms with Gasteiger partial charge in [-0.05, 0) is 39.0 Å². The van der Waals surface area contributed by atoms with Crippen molar-refractivity contribution in [2.75, 3.05) is 31.1 Å². The Hall–Kier alpha value is -2.45. The van der Waals surface area contributed by atoms with Gasteiger partial charge >= 0.3 is 6.09 Å². The van der Waals surface area contributed by atoms with Gasteiger partial charge in [0.15, 0.2) is 5.13 Å². The maximum Gasteiger partial charge on any atom is 0.410 e. The predicted molar refractivity (Wildman–Crippen MR) is 116 cm³/mol. The lowest BCUT2D eigenvalue weighted by Crippen LogP contribution is -2.50. The van der Waals surface area contributed by atoms with E-state index in [1.807, 2.05) is 45.3 Å². The van der Waals surface area contributed by atoms with Crippen molar-refractivity contribution in [3.05, 3.63) is 35.7 Å². The van der Waals surface area contributed by atoms with Gasteiger partial charge in [-0.25, -0.2) is 14.8 Å². The lowest BCUT2D eigenvalue weighted by Gasteiger charge is -2.35. The molecule has 1 saturated heterocycles. The molecule has 1 fully saturated rings. The molecule has 0 saturated carbocycles. The number of anilines is 1. The smallest absolute Gasteiger partial charge is 0.410 e. The van der Waals surface area contributed by atoms with Gasteiger partial charge < -0.3 is 14.5 Å². The predicted octanol–water partition coefficient (Wildman–Crippen LogP) is 4.46. The highest BCUT2D eigenvalue weighted by Gasteiger charge is 2.26. The van der Waals surface area contributed by atoms with Gasteiger partial charge in [0.1, 0.15) is 10.8 Å². The SMILES string of the molecule is CC(C)(C)OC(=O)N1CCN(c2ncc(-c3cnc4ccc(Cl)nc4c3)s2)CC1. The quantitative estimate of drug-likeness (QED) is 0.557. The number of carbonyl (C=O) groups excluding carboxylic acids is 1. The average Bonchev–Trinajstić information content (AvgIpc) is 3.16. The highest BCUT2D eigenvalue weighted by atomic mass is 35.5. The number of ether oxygens (including phenoxy) is 1. The molecule has 0 N–H and O–H groups in total. The first-order valence-electron chi connectivity index (χ1n) is 9.40. The molecule has 0 aromatic carbocycles. The van der Waals surface area contributed by atoms with Gasteiger partial charge in [0.05, 0.1) is 15.9 Å². The van der Waals surface area contributed by atoms with Crippen LogP contribution >= 0.6 is 22.9 Å². The summed E-state index contributed by atoms with van der Waals surface area (Å²) in [5, 5.41) is 1.38. The van der Waals surface area contributed by atoms with E-state index in [1.165, 1.54) is 0 Å². The molecule has 152 valence electrons. The topological polar surface area (TPSA) is 71.5 Å². The number of carbonyl (C=O) groups is 1. The monoisotopic (exact) mass is 431 g/mol. The van der Waals surface area contributed by atoms with Gasteiger partial charge in [-0.15, -0.1) is 0 Å². The zero-order chi connectivity index (χ0) is 20.6. The summed E-state index contributed by atoms with van der Waals surface area (Å²) in [6.45, 7) is 8.31. The third kappa shape index (κ3) is 4.59.